The summed E-state index contributed by atoms with van der Waals surface area (Å²) >= 11 is 0. The van der Waals surface area contributed by atoms with Crippen molar-refractivity contribution < 1.29 is 19.1 Å². The number of pyridine rings is 1. The third kappa shape index (κ3) is 6.18. The zero-order chi connectivity index (χ0) is 19.6. The average Bonchev–Trinajstić information content (AvgIpc) is 2.66. The minimum Gasteiger partial charge on any atom is -0.493 e. The number of nitrogens with zero attached hydrogens (tertiary/aromatic N) is 1. The van der Waals surface area contributed by atoms with Crippen molar-refractivity contribution in [2.75, 3.05) is 12.4 Å². The number of anilines is 1. The van der Waals surface area contributed by atoms with Crippen LogP contribution in [0.1, 0.15) is 25.3 Å². The van der Waals surface area contributed by atoms with E-state index in [2.05, 4.69) is 15.6 Å². The fourth-order valence-electron chi connectivity index (χ4n) is 2.47. The van der Waals surface area contributed by atoms with Crippen molar-refractivity contribution in [1.29, 1.82) is 0 Å². The van der Waals surface area contributed by atoms with Crippen LogP contribution >= 0.6 is 0 Å². The molecule has 0 saturated carbocycles. The van der Waals surface area contributed by atoms with E-state index in [9.17, 15) is 9.59 Å². The standard InChI is InChI=1S/C19H24N4O4/c1-3-5-15(23-19(20)25)18(24)22-14-7-8-16(26-2)17(10-14)27-12-13-6-4-9-21-11-13/h4,6-11,15H,3,5,12H2,1-2H3,(H,22,24)(H3,20,23,25). The second kappa shape index (κ2) is 10.0. The van der Waals surface area contributed by atoms with E-state index in [0.717, 1.165) is 12.0 Å². The van der Waals surface area contributed by atoms with E-state index in [0.29, 0.717) is 30.2 Å². The second-order valence-electron chi connectivity index (χ2n) is 5.85. The SMILES string of the molecule is CCCC(NC(N)=O)C(=O)Nc1ccc(OC)c(OCc2cccnc2)c1. The smallest absolute Gasteiger partial charge is 0.312 e. The zero-order valence-corrected chi connectivity index (χ0v) is 15.4. The Bertz CT molecular complexity index is 768. The molecule has 0 bridgehead atoms. The summed E-state index contributed by atoms with van der Waals surface area (Å²) in [6, 6.07) is 7.35. The number of nitrogens with one attached hydrogen (secondary N) is 2. The quantitative estimate of drug-likeness (QED) is 0.625. The maximum atomic E-state index is 12.4. The summed E-state index contributed by atoms with van der Waals surface area (Å²) in [5, 5.41) is 5.21. The first-order valence-corrected chi connectivity index (χ1v) is 8.60. The van der Waals surface area contributed by atoms with Gasteiger partial charge in [-0.05, 0) is 24.6 Å². The van der Waals surface area contributed by atoms with Crippen molar-refractivity contribution in [3.8, 4) is 11.5 Å². The summed E-state index contributed by atoms with van der Waals surface area (Å²) in [7, 11) is 1.54. The molecular weight excluding hydrogens is 348 g/mol. The highest BCUT2D eigenvalue weighted by atomic mass is 16.5. The molecule has 2 rings (SSSR count). The third-order valence-corrected chi connectivity index (χ3v) is 3.76. The van der Waals surface area contributed by atoms with Crippen LogP contribution in [0.15, 0.2) is 42.7 Å². The number of benzene rings is 1. The molecule has 0 radical (unpaired) electrons. The van der Waals surface area contributed by atoms with Crippen LogP contribution in [0.5, 0.6) is 11.5 Å². The van der Waals surface area contributed by atoms with Crippen LogP contribution in [-0.4, -0.2) is 30.1 Å². The van der Waals surface area contributed by atoms with E-state index in [-0.39, 0.29) is 5.91 Å². The molecule has 0 aliphatic rings. The van der Waals surface area contributed by atoms with Crippen LogP contribution in [0, 0.1) is 0 Å². The Labute approximate surface area is 158 Å². The molecule has 4 N–H and O–H groups in total. The second-order valence-corrected chi connectivity index (χ2v) is 5.85. The van der Waals surface area contributed by atoms with Gasteiger partial charge < -0.3 is 25.8 Å². The van der Waals surface area contributed by atoms with Gasteiger partial charge in [-0.1, -0.05) is 19.4 Å². The predicted molar refractivity (Wildman–Crippen MR) is 102 cm³/mol. The van der Waals surface area contributed by atoms with E-state index in [1.165, 1.54) is 0 Å². The molecule has 2 aromatic rings. The van der Waals surface area contributed by atoms with E-state index in [1.807, 2.05) is 19.1 Å². The number of hydrogen-bond donors (Lipinski definition) is 3. The van der Waals surface area contributed by atoms with Gasteiger partial charge in [-0.3, -0.25) is 9.78 Å². The molecule has 0 aliphatic heterocycles. The molecule has 3 amide bonds. The van der Waals surface area contributed by atoms with Crippen molar-refractivity contribution in [2.45, 2.75) is 32.4 Å². The maximum absolute atomic E-state index is 12.4. The highest BCUT2D eigenvalue weighted by Gasteiger charge is 2.19. The topological polar surface area (TPSA) is 116 Å². The van der Waals surface area contributed by atoms with Crippen molar-refractivity contribution in [3.63, 3.8) is 0 Å². The number of carbonyl (C=O) groups is 2. The fraction of sp³-hybridized carbons (Fsp3) is 0.316. The van der Waals surface area contributed by atoms with Crippen LogP contribution in [0.3, 0.4) is 0 Å². The lowest BCUT2D eigenvalue weighted by atomic mass is 10.1. The van der Waals surface area contributed by atoms with Gasteiger partial charge >= 0.3 is 6.03 Å². The minimum atomic E-state index is -0.737. The number of aromatic nitrogens is 1. The molecule has 1 heterocycles. The molecule has 1 unspecified atom stereocenters. The molecule has 0 aliphatic carbocycles. The van der Waals surface area contributed by atoms with Crippen LogP contribution in [0.25, 0.3) is 0 Å². The lowest BCUT2D eigenvalue weighted by molar-refractivity contribution is -0.118. The largest absolute Gasteiger partial charge is 0.493 e. The first-order valence-electron chi connectivity index (χ1n) is 8.60. The first-order chi connectivity index (χ1) is 13.0. The molecule has 0 fully saturated rings. The molecule has 144 valence electrons. The Balaban J connectivity index is 2.10. The number of methoxy groups -OCH3 is 1. The molecule has 1 aromatic heterocycles. The van der Waals surface area contributed by atoms with Crippen LogP contribution < -0.4 is 25.8 Å². The van der Waals surface area contributed by atoms with Gasteiger partial charge in [0, 0.05) is 29.7 Å². The van der Waals surface area contributed by atoms with E-state index in [4.69, 9.17) is 15.2 Å². The molecule has 1 atom stereocenters. The Kier molecular flexibility index (Phi) is 7.42. The lowest BCUT2D eigenvalue weighted by Crippen LogP contribution is -2.46. The van der Waals surface area contributed by atoms with Crippen LogP contribution in [0.2, 0.25) is 0 Å². The van der Waals surface area contributed by atoms with E-state index in [1.54, 1.807) is 37.7 Å². The summed E-state index contributed by atoms with van der Waals surface area (Å²) in [6.45, 7) is 2.23. The Morgan fingerprint density at radius 1 is 1.26 bits per heavy atom. The van der Waals surface area contributed by atoms with Gasteiger partial charge in [-0.2, -0.15) is 0 Å². The number of urea groups is 1. The third-order valence-electron chi connectivity index (χ3n) is 3.76. The van der Waals surface area contributed by atoms with Crippen LogP contribution in [0.4, 0.5) is 10.5 Å². The fourth-order valence-corrected chi connectivity index (χ4v) is 2.47. The molecule has 8 heteroatoms. The monoisotopic (exact) mass is 372 g/mol. The Morgan fingerprint density at radius 2 is 2.07 bits per heavy atom. The molecule has 0 saturated heterocycles. The molecule has 0 spiro atoms. The maximum Gasteiger partial charge on any atom is 0.312 e. The summed E-state index contributed by atoms with van der Waals surface area (Å²) in [5.41, 5.74) is 6.57. The number of amides is 3. The van der Waals surface area contributed by atoms with Gasteiger partial charge in [-0.15, -0.1) is 0 Å². The highest BCUT2D eigenvalue weighted by molar-refractivity contribution is 5.97. The Hall–Kier alpha value is -3.29. The van der Waals surface area contributed by atoms with Crippen molar-refractivity contribution in [2.24, 2.45) is 5.73 Å². The molecule has 27 heavy (non-hydrogen) atoms. The van der Waals surface area contributed by atoms with Crippen molar-refractivity contribution in [1.82, 2.24) is 10.3 Å². The normalized spacial score (nSPS) is 11.3. The number of rotatable bonds is 9. The number of carbonyl (C=O) groups excluding carboxylic acids is 2. The summed E-state index contributed by atoms with van der Waals surface area (Å²) in [4.78, 5) is 27.6. The zero-order valence-electron chi connectivity index (χ0n) is 15.4. The minimum absolute atomic E-state index is 0.309. The first kappa shape index (κ1) is 20.0. The predicted octanol–water partition coefficient (Wildman–Crippen LogP) is 2.44. The number of ether oxygens (including phenoxy) is 2. The summed E-state index contributed by atoms with van der Waals surface area (Å²) < 4.78 is 11.1. The summed E-state index contributed by atoms with van der Waals surface area (Å²) in [6.07, 6.45) is 4.60. The van der Waals surface area contributed by atoms with Crippen molar-refractivity contribution in [3.05, 3.63) is 48.3 Å². The summed E-state index contributed by atoms with van der Waals surface area (Å²) in [5.74, 6) is 0.672. The van der Waals surface area contributed by atoms with Crippen molar-refractivity contribution >= 4 is 17.6 Å². The van der Waals surface area contributed by atoms with Gasteiger partial charge in [0.1, 0.15) is 12.6 Å². The highest BCUT2D eigenvalue weighted by Crippen LogP contribution is 2.31. The molecule has 1 aromatic carbocycles. The lowest BCUT2D eigenvalue weighted by Gasteiger charge is -2.17. The van der Waals surface area contributed by atoms with E-state index < -0.39 is 12.1 Å². The number of primary amides is 1. The van der Waals surface area contributed by atoms with Gasteiger partial charge in [0.15, 0.2) is 11.5 Å². The number of nitrogens with two attached hydrogens (primary N) is 1. The van der Waals surface area contributed by atoms with Crippen LogP contribution in [-0.2, 0) is 11.4 Å². The average molecular weight is 372 g/mol. The van der Waals surface area contributed by atoms with Gasteiger partial charge in [0.25, 0.3) is 0 Å². The van der Waals surface area contributed by atoms with Gasteiger partial charge in [-0.25, -0.2) is 4.79 Å². The molecule has 8 nitrogen and oxygen atoms in total. The molecular formula is C19H24N4O4. The van der Waals surface area contributed by atoms with Gasteiger partial charge in [0.05, 0.1) is 7.11 Å². The Morgan fingerprint density at radius 3 is 2.70 bits per heavy atom. The number of hydrogen-bond acceptors (Lipinski definition) is 5. The van der Waals surface area contributed by atoms with E-state index >= 15 is 0 Å². The van der Waals surface area contributed by atoms with Gasteiger partial charge in [0.2, 0.25) is 5.91 Å².